The summed E-state index contributed by atoms with van der Waals surface area (Å²) in [5.74, 6) is -0.491. The molecule has 0 saturated heterocycles. The van der Waals surface area contributed by atoms with Crippen molar-refractivity contribution < 1.29 is 28.6 Å². The van der Waals surface area contributed by atoms with E-state index in [9.17, 15) is 19.5 Å². The van der Waals surface area contributed by atoms with Crippen molar-refractivity contribution >= 4 is 17.5 Å². The Balaban J connectivity index is 2.12. The van der Waals surface area contributed by atoms with Crippen molar-refractivity contribution in [1.82, 2.24) is 0 Å². The quantitative estimate of drug-likeness (QED) is 0.403. The summed E-state index contributed by atoms with van der Waals surface area (Å²) >= 11 is 0. The Labute approximate surface area is 158 Å². The average molecular weight is 374 g/mol. The lowest BCUT2D eigenvalue weighted by Crippen LogP contribution is -2.15. The minimum absolute atomic E-state index is 0.0462. The van der Waals surface area contributed by atoms with Gasteiger partial charge in [0.1, 0.15) is 23.8 Å². The number of rotatable bonds is 9. The molecule has 0 saturated carbocycles. The molecular formula is C21H26O6. The van der Waals surface area contributed by atoms with Crippen LogP contribution in [0.15, 0.2) is 34.3 Å². The van der Waals surface area contributed by atoms with Gasteiger partial charge >= 0.3 is 5.97 Å². The van der Waals surface area contributed by atoms with E-state index < -0.39 is 18.2 Å². The molecule has 0 aliphatic carbocycles. The number of carbonyl (C=O) groups is 3. The predicted octanol–water partition coefficient (Wildman–Crippen LogP) is 3.63. The number of aliphatic hydroxyl groups excluding tert-OH is 1. The topological polar surface area (TPSA) is 93.8 Å². The summed E-state index contributed by atoms with van der Waals surface area (Å²) in [5.41, 5.74) is 1.94. The number of furan rings is 1. The second-order valence-corrected chi connectivity index (χ2v) is 7.19. The standard InChI is InChI=1S/C21H26O6/c1-11(2)17(19(24)20-12(3)8-18(27-20)14(5)23)7-6-15-10-16(9-13(4)22)26-21(15)25/h8,10,16-17,19,24H,1,6-7,9H2,2-5H3/t16-,17-,19-/m0/s1. The maximum absolute atomic E-state index is 12.0. The number of esters is 1. The summed E-state index contributed by atoms with van der Waals surface area (Å²) in [4.78, 5) is 34.7. The van der Waals surface area contributed by atoms with Crippen LogP contribution in [0, 0.1) is 12.8 Å². The van der Waals surface area contributed by atoms with Crippen molar-refractivity contribution in [2.45, 2.75) is 59.2 Å². The third-order valence-corrected chi connectivity index (χ3v) is 4.71. The van der Waals surface area contributed by atoms with Gasteiger partial charge in [0.05, 0.1) is 0 Å². The van der Waals surface area contributed by atoms with Crippen molar-refractivity contribution in [3.63, 3.8) is 0 Å². The Morgan fingerprint density at radius 3 is 2.48 bits per heavy atom. The van der Waals surface area contributed by atoms with Gasteiger partial charge in [0.2, 0.25) is 0 Å². The highest BCUT2D eigenvalue weighted by Gasteiger charge is 2.30. The SMILES string of the molecule is C=C(C)[C@H](CCC1=C[C@H](CC(C)=O)OC1=O)[C@H](O)c1oc(C(C)=O)cc1C. The molecule has 2 heterocycles. The van der Waals surface area contributed by atoms with Crippen molar-refractivity contribution in [2.24, 2.45) is 5.92 Å². The fraction of sp³-hybridized carbons (Fsp3) is 0.476. The fourth-order valence-electron chi connectivity index (χ4n) is 3.24. The molecule has 1 N–H and O–H groups in total. The molecule has 0 amide bonds. The summed E-state index contributed by atoms with van der Waals surface area (Å²) in [6.07, 6.45) is 1.21. The van der Waals surface area contributed by atoms with E-state index in [1.165, 1.54) is 13.8 Å². The molecule has 3 atom stereocenters. The monoisotopic (exact) mass is 374 g/mol. The Morgan fingerprint density at radius 1 is 1.30 bits per heavy atom. The van der Waals surface area contributed by atoms with Crippen LogP contribution in [0.3, 0.4) is 0 Å². The molecular weight excluding hydrogens is 348 g/mol. The number of ketones is 2. The van der Waals surface area contributed by atoms with E-state index in [1.807, 2.05) is 0 Å². The molecule has 0 aromatic carbocycles. The molecule has 0 spiro atoms. The summed E-state index contributed by atoms with van der Waals surface area (Å²) in [5, 5.41) is 10.8. The number of ether oxygens (including phenoxy) is 1. The zero-order chi connectivity index (χ0) is 20.3. The molecule has 27 heavy (non-hydrogen) atoms. The first kappa shape index (κ1) is 20.8. The van der Waals surface area contributed by atoms with Crippen molar-refractivity contribution in [3.05, 3.63) is 47.0 Å². The van der Waals surface area contributed by atoms with Gasteiger partial charge in [0.25, 0.3) is 0 Å². The normalized spacial score (nSPS) is 18.6. The first-order valence-corrected chi connectivity index (χ1v) is 8.96. The highest BCUT2D eigenvalue weighted by atomic mass is 16.5. The van der Waals surface area contributed by atoms with Crippen LogP contribution in [0.5, 0.6) is 0 Å². The number of hydrogen-bond acceptors (Lipinski definition) is 6. The van der Waals surface area contributed by atoms with E-state index in [0.29, 0.717) is 29.7 Å². The van der Waals surface area contributed by atoms with Crippen LogP contribution in [0.25, 0.3) is 0 Å². The molecule has 1 aromatic rings. The maximum atomic E-state index is 12.0. The van der Waals surface area contributed by atoms with E-state index in [4.69, 9.17) is 9.15 Å². The van der Waals surface area contributed by atoms with Gasteiger partial charge in [0, 0.05) is 24.8 Å². The van der Waals surface area contributed by atoms with Crippen molar-refractivity contribution in [3.8, 4) is 0 Å². The smallest absolute Gasteiger partial charge is 0.334 e. The van der Waals surface area contributed by atoms with Crippen LogP contribution < -0.4 is 0 Å². The molecule has 2 rings (SSSR count). The fourth-order valence-corrected chi connectivity index (χ4v) is 3.24. The van der Waals surface area contributed by atoms with Crippen LogP contribution in [-0.2, 0) is 14.3 Å². The van der Waals surface area contributed by atoms with Gasteiger partial charge in [-0.05, 0) is 51.3 Å². The van der Waals surface area contributed by atoms with Crippen LogP contribution in [-0.4, -0.2) is 28.7 Å². The van der Waals surface area contributed by atoms with Gasteiger partial charge in [-0.2, -0.15) is 0 Å². The number of Topliss-reactive ketones (excluding diaryl/α,β-unsaturated/α-hetero) is 2. The third kappa shape index (κ3) is 5.04. The van der Waals surface area contributed by atoms with E-state index >= 15 is 0 Å². The van der Waals surface area contributed by atoms with Crippen LogP contribution >= 0.6 is 0 Å². The predicted molar refractivity (Wildman–Crippen MR) is 99.2 cm³/mol. The van der Waals surface area contributed by atoms with Gasteiger partial charge in [-0.15, -0.1) is 0 Å². The maximum Gasteiger partial charge on any atom is 0.334 e. The first-order chi connectivity index (χ1) is 12.6. The molecule has 6 nitrogen and oxygen atoms in total. The van der Waals surface area contributed by atoms with Crippen LogP contribution in [0.1, 0.15) is 68.0 Å². The van der Waals surface area contributed by atoms with Crippen molar-refractivity contribution in [1.29, 1.82) is 0 Å². The van der Waals surface area contributed by atoms with E-state index in [2.05, 4.69) is 6.58 Å². The Hall–Kier alpha value is -2.47. The van der Waals surface area contributed by atoms with Gasteiger partial charge < -0.3 is 14.3 Å². The molecule has 6 heteroatoms. The number of aliphatic hydroxyl groups is 1. The zero-order valence-corrected chi connectivity index (χ0v) is 16.2. The van der Waals surface area contributed by atoms with Crippen molar-refractivity contribution in [2.75, 3.05) is 0 Å². The third-order valence-electron chi connectivity index (χ3n) is 4.71. The highest BCUT2D eigenvalue weighted by Crippen LogP contribution is 2.35. The molecule has 0 bridgehead atoms. The Bertz CT molecular complexity index is 798. The van der Waals surface area contributed by atoms with Gasteiger partial charge in [-0.25, -0.2) is 4.79 Å². The molecule has 0 fully saturated rings. The number of hydrogen-bond donors (Lipinski definition) is 1. The molecule has 0 radical (unpaired) electrons. The number of cyclic esters (lactones) is 1. The first-order valence-electron chi connectivity index (χ1n) is 8.96. The Morgan fingerprint density at radius 2 is 1.96 bits per heavy atom. The zero-order valence-electron chi connectivity index (χ0n) is 16.2. The Kier molecular flexibility index (Phi) is 6.54. The van der Waals surface area contributed by atoms with E-state index in [-0.39, 0.29) is 29.7 Å². The lowest BCUT2D eigenvalue weighted by molar-refractivity contribution is -0.140. The van der Waals surface area contributed by atoms with Gasteiger partial charge in [-0.1, -0.05) is 12.2 Å². The van der Waals surface area contributed by atoms with Crippen LogP contribution in [0.4, 0.5) is 0 Å². The van der Waals surface area contributed by atoms with Gasteiger partial charge in [-0.3, -0.25) is 9.59 Å². The van der Waals surface area contributed by atoms with E-state index in [1.54, 1.807) is 26.0 Å². The van der Waals surface area contributed by atoms with E-state index in [0.717, 1.165) is 5.57 Å². The second kappa shape index (κ2) is 8.48. The largest absolute Gasteiger partial charge is 0.455 e. The lowest BCUT2D eigenvalue weighted by Gasteiger charge is -2.22. The highest BCUT2D eigenvalue weighted by molar-refractivity contribution is 5.92. The molecule has 1 aliphatic rings. The lowest BCUT2D eigenvalue weighted by atomic mass is 9.87. The second-order valence-electron chi connectivity index (χ2n) is 7.19. The number of carbonyl (C=O) groups excluding carboxylic acids is 3. The number of aryl methyl sites for hydroxylation is 1. The molecule has 1 aromatic heterocycles. The molecule has 0 unspecified atom stereocenters. The molecule has 1 aliphatic heterocycles. The minimum atomic E-state index is -0.971. The average Bonchev–Trinajstić information content (AvgIpc) is 3.09. The molecule has 146 valence electrons. The summed E-state index contributed by atoms with van der Waals surface area (Å²) in [6, 6.07) is 1.61. The summed E-state index contributed by atoms with van der Waals surface area (Å²) in [7, 11) is 0. The van der Waals surface area contributed by atoms with Gasteiger partial charge in [0.15, 0.2) is 11.5 Å². The minimum Gasteiger partial charge on any atom is -0.455 e. The van der Waals surface area contributed by atoms with Crippen LogP contribution in [0.2, 0.25) is 0 Å². The summed E-state index contributed by atoms with van der Waals surface area (Å²) in [6.45, 7) is 10.4. The summed E-state index contributed by atoms with van der Waals surface area (Å²) < 4.78 is 10.7.